The zero-order valence-corrected chi connectivity index (χ0v) is 23.2. The van der Waals surface area contributed by atoms with E-state index in [1.807, 2.05) is 0 Å². The van der Waals surface area contributed by atoms with E-state index in [1.165, 1.54) is 42.2 Å². The molecule has 39 heavy (non-hydrogen) atoms. The predicted octanol–water partition coefficient (Wildman–Crippen LogP) is 7.34. The molecule has 1 aliphatic heterocycles. The normalized spacial score (nSPS) is 12.6. The molecule has 3 aromatic carbocycles. The Kier molecular flexibility index (Phi) is 7.75. The Morgan fingerprint density at radius 3 is 2.13 bits per heavy atom. The van der Waals surface area contributed by atoms with Crippen LogP contribution in [0.2, 0.25) is 20.1 Å². The Morgan fingerprint density at radius 1 is 1.00 bits per heavy atom. The number of aliphatic imine (C=N–C) groups is 1. The van der Waals surface area contributed by atoms with Crippen LogP contribution in [0.5, 0.6) is 0 Å². The number of nitrogens with one attached hydrogen (secondary N) is 1. The minimum absolute atomic E-state index is 0.00284. The Hall–Kier alpha value is -3.84. The maximum atomic E-state index is 13.3. The van der Waals surface area contributed by atoms with E-state index in [1.54, 1.807) is 18.2 Å². The van der Waals surface area contributed by atoms with Crippen molar-refractivity contribution in [3.8, 4) is 12.1 Å². The van der Waals surface area contributed by atoms with E-state index < -0.39 is 20.5 Å². The summed E-state index contributed by atoms with van der Waals surface area (Å²) in [5, 5.41) is 30.6. The Morgan fingerprint density at radius 2 is 1.59 bits per heavy atom. The van der Waals surface area contributed by atoms with Crippen molar-refractivity contribution in [2.45, 2.75) is 11.8 Å². The third-order valence-electron chi connectivity index (χ3n) is 5.46. The standard InChI is InChI=1S/C24H12Cl4N6O4S/c1-12-31-21-6-5-15(39(37,38)32-22-17(25)3-2-4-18(22)26)9-16(21)23(13(10-29)11-30)33(12)24-19(27)7-14(34(35)36)8-20(24)28/h2-9,32H,1H3. The number of sulfonamides is 1. The molecule has 10 nitrogen and oxygen atoms in total. The van der Waals surface area contributed by atoms with E-state index in [4.69, 9.17) is 46.4 Å². The fraction of sp³-hybridized carbons (Fsp3) is 0.0417. The Balaban J connectivity index is 1.95. The molecule has 0 fully saturated rings. The van der Waals surface area contributed by atoms with Crippen molar-refractivity contribution in [1.82, 2.24) is 0 Å². The number of halogens is 4. The monoisotopic (exact) mass is 620 g/mol. The van der Waals surface area contributed by atoms with Crippen molar-refractivity contribution < 1.29 is 13.3 Å². The molecule has 196 valence electrons. The van der Waals surface area contributed by atoms with Crippen LogP contribution in [0.1, 0.15) is 12.5 Å². The first-order valence-electron chi connectivity index (χ1n) is 10.5. The van der Waals surface area contributed by atoms with Crippen molar-refractivity contribution in [3.05, 3.63) is 89.9 Å². The lowest BCUT2D eigenvalue weighted by atomic mass is 10.0. The summed E-state index contributed by atoms with van der Waals surface area (Å²) in [6.45, 7) is 1.54. The molecular formula is C24H12Cl4N6O4S. The van der Waals surface area contributed by atoms with E-state index in [2.05, 4.69) is 9.71 Å². The first-order valence-corrected chi connectivity index (χ1v) is 13.5. The number of anilines is 2. The second-order valence-electron chi connectivity index (χ2n) is 7.84. The molecule has 3 aromatic rings. The SMILES string of the molecule is CC1=Nc2ccc(S(=O)(=O)Nc3c(Cl)cccc3Cl)cc2C(=C(C#N)C#N)N1c1c(Cl)cc([N+](=O)[O-])cc1Cl. The summed E-state index contributed by atoms with van der Waals surface area (Å²) >= 11 is 25.0. The molecule has 0 atom stereocenters. The van der Waals surface area contributed by atoms with Crippen LogP contribution in [0.15, 0.2) is 64.0 Å². The average molecular weight is 622 g/mol. The van der Waals surface area contributed by atoms with Crippen molar-refractivity contribution >= 4 is 90.7 Å². The molecule has 1 aliphatic rings. The van der Waals surface area contributed by atoms with E-state index in [0.29, 0.717) is 0 Å². The minimum Gasteiger partial charge on any atom is -0.293 e. The van der Waals surface area contributed by atoms with Crippen LogP contribution in [0, 0.1) is 32.8 Å². The number of allylic oxidation sites excluding steroid dienone is 1. The van der Waals surface area contributed by atoms with Gasteiger partial charge in [0.2, 0.25) is 0 Å². The molecule has 0 radical (unpaired) electrons. The molecule has 1 N–H and O–H groups in total. The molecule has 15 heteroatoms. The largest absolute Gasteiger partial charge is 0.293 e. The highest BCUT2D eigenvalue weighted by atomic mass is 35.5. The number of benzene rings is 3. The Labute approximate surface area is 242 Å². The first kappa shape index (κ1) is 28.2. The number of non-ortho nitro benzene ring substituents is 1. The lowest BCUT2D eigenvalue weighted by Gasteiger charge is -2.33. The Bertz CT molecular complexity index is 1770. The number of hydrogen-bond acceptors (Lipinski definition) is 8. The number of rotatable bonds is 5. The molecule has 0 bridgehead atoms. The number of nitro benzene ring substituents is 1. The van der Waals surface area contributed by atoms with Crippen LogP contribution < -0.4 is 9.62 Å². The van der Waals surface area contributed by atoms with Crippen LogP contribution in [-0.4, -0.2) is 19.2 Å². The predicted molar refractivity (Wildman–Crippen MR) is 150 cm³/mol. The van der Waals surface area contributed by atoms with Gasteiger partial charge in [0.25, 0.3) is 15.7 Å². The van der Waals surface area contributed by atoms with Gasteiger partial charge >= 0.3 is 0 Å². The van der Waals surface area contributed by atoms with Crippen molar-refractivity contribution in [3.63, 3.8) is 0 Å². The molecule has 0 unspecified atom stereocenters. The van der Waals surface area contributed by atoms with Gasteiger partial charge in [-0.2, -0.15) is 10.5 Å². The van der Waals surface area contributed by atoms with Crippen molar-refractivity contribution in [1.29, 1.82) is 10.5 Å². The zero-order valence-electron chi connectivity index (χ0n) is 19.4. The summed E-state index contributed by atoms with van der Waals surface area (Å²) < 4.78 is 28.9. The number of para-hydroxylation sites is 1. The summed E-state index contributed by atoms with van der Waals surface area (Å²) in [6, 6.07) is 14.0. The molecule has 0 saturated carbocycles. The van der Waals surface area contributed by atoms with Gasteiger partial charge < -0.3 is 0 Å². The average Bonchev–Trinajstić information content (AvgIpc) is 2.87. The smallest absolute Gasteiger partial charge is 0.272 e. The van der Waals surface area contributed by atoms with Crippen LogP contribution >= 0.6 is 46.4 Å². The van der Waals surface area contributed by atoms with Crippen LogP contribution in [0.3, 0.4) is 0 Å². The van der Waals surface area contributed by atoms with Gasteiger partial charge in [0.1, 0.15) is 18.0 Å². The summed E-state index contributed by atoms with van der Waals surface area (Å²) in [7, 11) is -4.28. The van der Waals surface area contributed by atoms with Gasteiger partial charge in [0.15, 0.2) is 5.57 Å². The highest BCUT2D eigenvalue weighted by Gasteiger charge is 2.33. The minimum atomic E-state index is -4.28. The van der Waals surface area contributed by atoms with Crippen LogP contribution in [-0.2, 0) is 10.0 Å². The maximum Gasteiger partial charge on any atom is 0.272 e. The van der Waals surface area contributed by atoms with Gasteiger partial charge in [-0.15, -0.1) is 0 Å². The molecule has 1 heterocycles. The highest BCUT2D eigenvalue weighted by Crippen LogP contribution is 2.46. The summed E-state index contributed by atoms with van der Waals surface area (Å²) in [6.07, 6.45) is 0. The van der Waals surface area contributed by atoms with Gasteiger partial charge in [-0.1, -0.05) is 52.5 Å². The van der Waals surface area contributed by atoms with Gasteiger partial charge in [0.05, 0.1) is 52.7 Å². The molecule has 0 aliphatic carbocycles. The molecule has 0 saturated heterocycles. The summed E-state index contributed by atoms with van der Waals surface area (Å²) in [5.74, 6) is 0.203. The summed E-state index contributed by atoms with van der Waals surface area (Å²) in [4.78, 5) is 16.1. The van der Waals surface area contributed by atoms with Gasteiger partial charge in [-0.05, 0) is 37.3 Å². The topological polar surface area (TPSA) is 152 Å². The van der Waals surface area contributed by atoms with Crippen molar-refractivity contribution in [2.75, 3.05) is 9.62 Å². The van der Waals surface area contributed by atoms with E-state index in [0.717, 1.165) is 12.1 Å². The molecule has 0 aromatic heterocycles. The van der Waals surface area contributed by atoms with E-state index in [-0.39, 0.29) is 64.8 Å². The number of nitrogens with zero attached hydrogens (tertiary/aromatic N) is 5. The number of amidine groups is 1. The maximum absolute atomic E-state index is 13.3. The second-order valence-corrected chi connectivity index (χ2v) is 11.1. The molecular weight excluding hydrogens is 610 g/mol. The van der Waals surface area contributed by atoms with Crippen LogP contribution in [0.4, 0.5) is 22.7 Å². The number of fused-ring (bicyclic) bond motifs is 1. The lowest BCUT2D eigenvalue weighted by molar-refractivity contribution is -0.384. The third kappa shape index (κ3) is 5.23. The lowest BCUT2D eigenvalue weighted by Crippen LogP contribution is -2.31. The molecule has 4 rings (SSSR count). The number of nitro groups is 1. The summed E-state index contributed by atoms with van der Waals surface area (Å²) in [5.41, 5.74) is -0.597. The highest BCUT2D eigenvalue weighted by molar-refractivity contribution is 7.92. The van der Waals surface area contributed by atoms with Gasteiger partial charge in [-0.3, -0.25) is 19.7 Å². The fourth-order valence-corrected chi connectivity index (χ4v) is 6.16. The van der Waals surface area contributed by atoms with E-state index in [9.17, 15) is 29.1 Å². The quantitative estimate of drug-likeness (QED) is 0.178. The second kappa shape index (κ2) is 10.7. The fourth-order valence-electron chi connectivity index (χ4n) is 3.79. The number of hydrogen-bond donors (Lipinski definition) is 1. The first-order chi connectivity index (χ1) is 18.4. The van der Waals surface area contributed by atoms with Gasteiger partial charge in [0, 0.05) is 17.7 Å². The van der Waals surface area contributed by atoms with Crippen LogP contribution in [0.25, 0.3) is 5.70 Å². The third-order valence-corrected chi connectivity index (χ3v) is 8.01. The van der Waals surface area contributed by atoms with Gasteiger partial charge in [-0.25, -0.2) is 13.4 Å². The molecule has 0 amide bonds. The van der Waals surface area contributed by atoms with Crippen molar-refractivity contribution in [2.24, 2.45) is 4.99 Å². The zero-order chi connectivity index (χ0) is 28.6. The van der Waals surface area contributed by atoms with E-state index >= 15 is 0 Å². The number of nitriles is 2. The molecule has 0 spiro atoms.